The van der Waals surface area contributed by atoms with E-state index in [0.29, 0.717) is 23.8 Å². The molecule has 0 aliphatic heterocycles. The molecular formula is C28H40N4O3S. The van der Waals surface area contributed by atoms with Gasteiger partial charge in [0.15, 0.2) is 5.01 Å². The van der Waals surface area contributed by atoms with Crippen molar-refractivity contribution in [2.75, 3.05) is 0 Å². The molecule has 0 saturated heterocycles. The van der Waals surface area contributed by atoms with Gasteiger partial charge in [0.25, 0.3) is 5.91 Å². The maximum absolute atomic E-state index is 13.1. The Balaban J connectivity index is 1.69. The summed E-state index contributed by atoms with van der Waals surface area (Å²) in [5.41, 5.74) is 2.42. The smallest absolute Gasteiger partial charge is 0.306 e. The average molecular weight is 513 g/mol. The van der Waals surface area contributed by atoms with Crippen LogP contribution in [0.4, 0.5) is 0 Å². The van der Waals surface area contributed by atoms with E-state index in [4.69, 9.17) is 20.1 Å². The van der Waals surface area contributed by atoms with E-state index in [9.17, 15) is 9.59 Å². The summed E-state index contributed by atoms with van der Waals surface area (Å²) in [5, 5.41) is 12.6. The fourth-order valence-electron chi connectivity index (χ4n) is 4.92. The summed E-state index contributed by atoms with van der Waals surface area (Å²) in [7, 11) is 0. The predicted molar refractivity (Wildman–Crippen MR) is 142 cm³/mol. The summed E-state index contributed by atoms with van der Waals surface area (Å²) in [4.78, 5) is 40.0. The quantitative estimate of drug-likeness (QED) is 0.498. The Morgan fingerprint density at radius 3 is 2.25 bits per heavy atom. The van der Waals surface area contributed by atoms with Gasteiger partial charge in [-0.15, -0.1) is 11.3 Å². The number of thiazole rings is 1. The SMILES string of the molecule is CC(C)(C)c1cc(-c2sc(C(=O)NC3CC(C(=O)O)C3)nc2CC2CCCCC2)nc(C(C)(C)C)n1. The predicted octanol–water partition coefficient (Wildman–Crippen LogP) is 5.91. The number of rotatable bonds is 6. The van der Waals surface area contributed by atoms with Gasteiger partial charge in [-0.1, -0.05) is 73.6 Å². The minimum atomic E-state index is -0.792. The van der Waals surface area contributed by atoms with Crippen LogP contribution in [0.3, 0.4) is 0 Å². The van der Waals surface area contributed by atoms with Crippen LogP contribution in [-0.4, -0.2) is 38.0 Å². The van der Waals surface area contributed by atoms with Crippen LogP contribution in [0.1, 0.15) is 114 Å². The minimum absolute atomic E-state index is 0.105. The Kier molecular flexibility index (Phi) is 7.56. The average Bonchev–Trinajstić information content (AvgIpc) is 3.18. The van der Waals surface area contributed by atoms with Crippen LogP contribution >= 0.6 is 11.3 Å². The van der Waals surface area contributed by atoms with Crippen molar-refractivity contribution in [3.8, 4) is 10.6 Å². The molecule has 2 fully saturated rings. The molecule has 2 aromatic rings. The van der Waals surface area contributed by atoms with E-state index < -0.39 is 5.97 Å². The fraction of sp³-hybridized carbons (Fsp3) is 0.679. The lowest BCUT2D eigenvalue weighted by Gasteiger charge is -2.32. The molecule has 2 aromatic heterocycles. The number of hydrogen-bond donors (Lipinski definition) is 2. The van der Waals surface area contributed by atoms with Crippen molar-refractivity contribution in [3.63, 3.8) is 0 Å². The third kappa shape index (κ3) is 6.13. The number of carbonyl (C=O) groups is 2. The molecule has 2 aliphatic rings. The lowest BCUT2D eigenvalue weighted by molar-refractivity contribution is -0.145. The number of nitrogens with zero attached hydrogens (tertiary/aromatic N) is 3. The van der Waals surface area contributed by atoms with Crippen molar-refractivity contribution >= 4 is 23.2 Å². The van der Waals surface area contributed by atoms with E-state index in [-0.39, 0.29) is 28.7 Å². The number of aliphatic carboxylic acids is 1. The van der Waals surface area contributed by atoms with Crippen molar-refractivity contribution in [2.45, 2.75) is 110 Å². The highest BCUT2D eigenvalue weighted by molar-refractivity contribution is 7.17. The van der Waals surface area contributed by atoms with Crippen molar-refractivity contribution in [1.82, 2.24) is 20.3 Å². The lowest BCUT2D eigenvalue weighted by atomic mass is 9.80. The molecule has 2 saturated carbocycles. The zero-order valence-electron chi connectivity index (χ0n) is 22.5. The van der Waals surface area contributed by atoms with Gasteiger partial charge in [-0.25, -0.2) is 15.0 Å². The number of carboxylic acid groups (broad SMARTS) is 1. The largest absolute Gasteiger partial charge is 0.481 e. The van der Waals surface area contributed by atoms with Gasteiger partial charge in [0.1, 0.15) is 5.82 Å². The molecule has 196 valence electrons. The van der Waals surface area contributed by atoms with E-state index in [1.165, 1.54) is 43.4 Å². The number of carboxylic acids is 1. The van der Waals surface area contributed by atoms with Gasteiger partial charge in [0, 0.05) is 16.9 Å². The third-order valence-electron chi connectivity index (χ3n) is 7.32. The summed E-state index contributed by atoms with van der Waals surface area (Å²) < 4.78 is 0. The molecule has 0 unspecified atom stereocenters. The summed E-state index contributed by atoms with van der Waals surface area (Å²) in [5.74, 6) is -0.00530. The summed E-state index contributed by atoms with van der Waals surface area (Å²) in [6.45, 7) is 12.8. The molecular weight excluding hydrogens is 472 g/mol. The Morgan fingerprint density at radius 2 is 1.67 bits per heavy atom. The van der Waals surface area contributed by atoms with Gasteiger partial charge < -0.3 is 10.4 Å². The van der Waals surface area contributed by atoms with Crippen molar-refractivity contribution in [1.29, 1.82) is 0 Å². The minimum Gasteiger partial charge on any atom is -0.481 e. The number of nitrogens with one attached hydrogen (secondary N) is 1. The van der Waals surface area contributed by atoms with E-state index in [2.05, 4.69) is 52.9 Å². The second kappa shape index (κ2) is 10.2. The van der Waals surface area contributed by atoms with Gasteiger partial charge in [0.2, 0.25) is 0 Å². The zero-order chi connectivity index (χ0) is 26.3. The summed E-state index contributed by atoms with van der Waals surface area (Å²) >= 11 is 1.40. The summed E-state index contributed by atoms with van der Waals surface area (Å²) in [6.07, 6.45) is 7.99. The van der Waals surface area contributed by atoms with E-state index >= 15 is 0 Å². The second-order valence-corrected chi connectivity index (χ2v) is 13.6. The van der Waals surface area contributed by atoms with Gasteiger partial charge >= 0.3 is 5.97 Å². The standard InChI is InChI=1S/C28H40N4O3S/c1-27(2,3)21-15-20(31-26(32-21)28(4,5)6)22-19(12-16-10-8-7-9-11-16)30-24(36-22)23(33)29-18-13-17(14-18)25(34)35/h15-18H,7-14H2,1-6H3,(H,29,33)(H,34,35). The molecule has 2 heterocycles. The third-order valence-corrected chi connectivity index (χ3v) is 8.44. The van der Waals surface area contributed by atoms with E-state index in [0.717, 1.165) is 34.2 Å². The van der Waals surface area contributed by atoms with Gasteiger partial charge in [0.05, 0.1) is 27.9 Å². The Bertz CT molecular complexity index is 1080. The van der Waals surface area contributed by atoms with Gasteiger partial charge in [-0.2, -0.15) is 0 Å². The van der Waals surface area contributed by atoms with Crippen LogP contribution in [0.15, 0.2) is 6.07 Å². The number of hydrogen-bond acceptors (Lipinski definition) is 6. The van der Waals surface area contributed by atoms with Crippen molar-refractivity contribution in [2.24, 2.45) is 11.8 Å². The number of amides is 1. The summed E-state index contributed by atoms with van der Waals surface area (Å²) in [6, 6.07) is 1.96. The Morgan fingerprint density at radius 1 is 1.00 bits per heavy atom. The van der Waals surface area contributed by atoms with Crippen LogP contribution < -0.4 is 5.32 Å². The Hall–Kier alpha value is -2.35. The molecule has 36 heavy (non-hydrogen) atoms. The zero-order valence-corrected chi connectivity index (χ0v) is 23.3. The maximum atomic E-state index is 13.1. The highest BCUT2D eigenvalue weighted by atomic mass is 32.1. The van der Waals surface area contributed by atoms with Gasteiger partial charge in [-0.05, 0) is 31.2 Å². The molecule has 0 bridgehead atoms. The normalized spacial score (nSPS) is 21.2. The van der Waals surface area contributed by atoms with Gasteiger partial charge in [-0.3, -0.25) is 9.59 Å². The highest BCUT2D eigenvalue weighted by Crippen LogP contribution is 2.37. The lowest BCUT2D eigenvalue weighted by Crippen LogP contribution is -2.46. The first-order valence-corrected chi connectivity index (χ1v) is 14.1. The van der Waals surface area contributed by atoms with Crippen molar-refractivity contribution in [3.05, 3.63) is 28.3 Å². The first-order valence-electron chi connectivity index (χ1n) is 13.2. The molecule has 0 aromatic carbocycles. The molecule has 4 rings (SSSR count). The van der Waals surface area contributed by atoms with Crippen LogP contribution in [0, 0.1) is 11.8 Å². The van der Waals surface area contributed by atoms with Crippen LogP contribution in [0.25, 0.3) is 10.6 Å². The molecule has 2 N–H and O–H groups in total. The number of carbonyl (C=O) groups excluding carboxylic acids is 1. The van der Waals surface area contributed by atoms with E-state index in [1.807, 2.05) is 0 Å². The first kappa shape index (κ1) is 26.7. The monoisotopic (exact) mass is 512 g/mol. The molecule has 2 aliphatic carbocycles. The van der Waals surface area contributed by atoms with Crippen LogP contribution in [-0.2, 0) is 22.0 Å². The number of aromatic nitrogens is 3. The highest BCUT2D eigenvalue weighted by Gasteiger charge is 2.36. The molecule has 1 amide bonds. The molecule has 0 spiro atoms. The second-order valence-electron chi connectivity index (χ2n) is 12.6. The molecule has 0 radical (unpaired) electrons. The molecule has 7 nitrogen and oxygen atoms in total. The van der Waals surface area contributed by atoms with E-state index in [1.54, 1.807) is 0 Å². The van der Waals surface area contributed by atoms with Crippen LogP contribution in [0.2, 0.25) is 0 Å². The maximum Gasteiger partial charge on any atom is 0.306 e. The Labute approximate surface area is 218 Å². The van der Waals surface area contributed by atoms with Crippen LogP contribution in [0.5, 0.6) is 0 Å². The molecule has 0 atom stereocenters. The van der Waals surface area contributed by atoms with Crippen molar-refractivity contribution < 1.29 is 14.7 Å². The topological polar surface area (TPSA) is 105 Å². The molecule has 8 heteroatoms. The first-order chi connectivity index (χ1) is 16.8. The fourth-order valence-corrected chi connectivity index (χ4v) is 5.88.